The molecule has 2 heteroatoms. The lowest BCUT2D eigenvalue weighted by Crippen LogP contribution is -2.56. The molecule has 0 N–H and O–H groups in total. The molecule has 98 valence electrons. The first-order valence-corrected chi connectivity index (χ1v) is 7.49. The minimum absolute atomic E-state index is 0.244. The summed E-state index contributed by atoms with van der Waals surface area (Å²) >= 11 is 0. The summed E-state index contributed by atoms with van der Waals surface area (Å²) in [5, 5.41) is 0. The molecule has 0 aromatic carbocycles. The summed E-state index contributed by atoms with van der Waals surface area (Å²) in [4.78, 5) is 15.2. The van der Waals surface area contributed by atoms with Crippen molar-refractivity contribution in [2.45, 2.75) is 56.9 Å². The Bertz CT molecular complexity index is 390. The average Bonchev–Trinajstić information content (AvgIpc) is 2.95. The zero-order valence-corrected chi connectivity index (χ0v) is 11.2. The molecule has 2 aliphatic carbocycles. The molecule has 2 fully saturated rings. The first kappa shape index (κ1) is 12.2. The fourth-order valence-electron chi connectivity index (χ4n) is 3.85. The summed E-state index contributed by atoms with van der Waals surface area (Å²) < 4.78 is 0. The second-order valence-electron chi connectivity index (χ2n) is 5.82. The molecule has 2 nitrogen and oxygen atoms in total. The van der Waals surface area contributed by atoms with E-state index in [1.54, 1.807) is 0 Å². The van der Waals surface area contributed by atoms with Gasteiger partial charge in [0.2, 0.25) is 0 Å². The predicted octanol–water partition coefficient (Wildman–Crippen LogP) is 3.24. The average molecular weight is 245 g/mol. The van der Waals surface area contributed by atoms with Gasteiger partial charge in [0.1, 0.15) is 5.54 Å². The van der Waals surface area contributed by atoms with E-state index < -0.39 is 0 Å². The molecule has 0 aromatic rings. The SMILES string of the molecule is O=C1CCCCC1(C1=CCCC=C1)N1CCCC1. The Morgan fingerprint density at radius 1 is 1.06 bits per heavy atom. The Kier molecular flexibility index (Phi) is 3.38. The van der Waals surface area contributed by atoms with E-state index in [9.17, 15) is 4.79 Å². The maximum absolute atomic E-state index is 12.7. The lowest BCUT2D eigenvalue weighted by Gasteiger charge is -2.44. The molecule has 0 bridgehead atoms. The number of carbonyl (C=O) groups excluding carboxylic acids is 1. The van der Waals surface area contributed by atoms with Crippen molar-refractivity contribution in [3.05, 3.63) is 23.8 Å². The molecule has 0 radical (unpaired) electrons. The van der Waals surface area contributed by atoms with Gasteiger partial charge in [0.25, 0.3) is 0 Å². The van der Waals surface area contributed by atoms with Crippen molar-refractivity contribution in [3.8, 4) is 0 Å². The molecule has 3 aliphatic rings. The Morgan fingerprint density at radius 2 is 1.89 bits per heavy atom. The van der Waals surface area contributed by atoms with Crippen LogP contribution in [0, 0.1) is 0 Å². The maximum atomic E-state index is 12.7. The Balaban J connectivity index is 1.98. The molecule has 1 aliphatic heterocycles. The van der Waals surface area contributed by atoms with Gasteiger partial charge in [0.05, 0.1) is 0 Å². The second-order valence-corrected chi connectivity index (χ2v) is 5.82. The van der Waals surface area contributed by atoms with Crippen LogP contribution in [0.1, 0.15) is 51.4 Å². The molecule has 1 saturated carbocycles. The number of nitrogens with zero attached hydrogens (tertiary/aromatic N) is 1. The molecular formula is C16H23NO. The van der Waals surface area contributed by atoms with Crippen LogP contribution in [-0.2, 0) is 4.79 Å². The predicted molar refractivity (Wildman–Crippen MR) is 73.5 cm³/mol. The van der Waals surface area contributed by atoms with Crippen LogP contribution in [0.25, 0.3) is 0 Å². The number of carbonyl (C=O) groups is 1. The van der Waals surface area contributed by atoms with Crippen LogP contribution in [0.15, 0.2) is 23.8 Å². The molecule has 0 spiro atoms. The van der Waals surface area contributed by atoms with E-state index in [-0.39, 0.29) is 5.54 Å². The van der Waals surface area contributed by atoms with Gasteiger partial charge in [0, 0.05) is 6.42 Å². The summed E-state index contributed by atoms with van der Waals surface area (Å²) in [6.45, 7) is 2.22. The highest BCUT2D eigenvalue weighted by molar-refractivity contribution is 5.93. The number of rotatable bonds is 2. The van der Waals surface area contributed by atoms with E-state index in [1.165, 1.54) is 24.8 Å². The Labute approximate surface area is 110 Å². The summed E-state index contributed by atoms with van der Waals surface area (Å²) in [6, 6.07) is 0. The van der Waals surface area contributed by atoms with Gasteiger partial charge in [-0.3, -0.25) is 9.69 Å². The number of Topliss-reactive ketones (excluding diaryl/α,β-unsaturated/α-hetero) is 1. The fraction of sp³-hybridized carbons (Fsp3) is 0.688. The van der Waals surface area contributed by atoms with Crippen molar-refractivity contribution < 1.29 is 4.79 Å². The van der Waals surface area contributed by atoms with Gasteiger partial charge in [-0.25, -0.2) is 0 Å². The summed E-state index contributed by atoms with van der Waals surface area (Å²) in [5.41, 5.74) is 1.06. The quantitative estimate of drug-likeness (QED) is 0.744. The first-order valence-electron chi connectivity index (χ1n) is 7.49. The zero-order valence-electron chi connectivity index (χ0n) is 11.2. The van der Waals surface area contributed by atoms with Crippen LogP contribution in [-0.4, -0.2) is 29.3 Å². The molecule has 1 heterocycles. The van der Waals surface area contributed by atoms with Crippen molar-refractivity contribution >= 4 is 5.78 Å². The molecule has 0 amide bonds. The number of hydrogen-bond acceptors (Lipinski definition) is 2. The second kappa shape index (κ2) is 5.00. The van der Waals surface area contributed by atoms with Gasteiger partial charge in [0.15, 0.2) is 5.78 Å². The number of likely N-dealkylation sites (tertiary alicyclic amines) is 1. The molecule has 1 saturated heterocycles. The summed E-state index contributed by atoms with van der Waals surface area (Å²) in [6.07, 6.45) is 15.7. The molecule has 18 heavy (non-hydrogen) atoms. The monoisotopic (exact) mass is 245 g/mol. The Hall–Kier alpha value is -0.890. The van der Waals surface area contributed by atoms with Crippen LogP contribution in [0.3, 0.4) is 0 Å². The normalized spacial score (nSPS) is 33.8. The van der Waals surface area contributed by atoms with Gasteiger partial charge in [-0.2, -0.15) is 0 Å². The van der Waals surface area contributed by atoms with Crippen LogP contribution in [0.4, 0.5) is 0 Å². The van der Waals surface area contributed by atoms with Crippen molar-refractivity contribution in [3.63, 3.8) is 0 Å². The van der Waals surface area contributed by atoms with E-state index >= 15 is 0 Å². The van der Waals surface area contributed by atoms with E-state index in [0.29, 0.717) is 5.78 Å². The first-order chi connectivity index (χ1) is 8.84. The standard InChI is InChI=1S/C16H23NO/c18-15-10-4-5-11-16(15,17-12-6-7-13-17)14-8-2-1-3-9-14/h2,8-9H,1,3-7,10-13H2. The molecule has 1 atom stereocenters. The van der Waals surface area contributed by atoms with E-state index in [2.05, 4.69) is 23.1 Å². The lowest BCUT2D eigenvalue weighted by atomic mass is 9.72. The molecule has 1 unspecified atom stereocenters. The smallest absolute Gasteiger partial charge is 0.157 e. The minimum Gasteiger partial charge on any atom is -0.297 e. The van der Waals surface area contributed by atoms with Crippen LogP contribution >= 0.6 is 0 Å². The largest absolute Gasteiger partial charge is 0.297 e. The topological polar surface area (TPSA) is 20.3 Å². The third-order valence-corrected chi connectivity index (χ3v) is 4.77. The molecule has 0 aromatic heterocycles. The maximum Gasteiger partial charge on any atom is 0.157 e. The van der Waals surface area contributed by atoms with E-state index in [1.807, 2.05) is 0 Å². The summed E-state index contributed by atoms with van der Waals surface area (Å²) in [7, 11) is 0. The van der Waals surface area contributed by atoms with Crippen molar-refractivity contribution in [1.82, 2.24) is 4.90 Å². The van der Waals surface area contributed by atoms with Crippen LogP contribution < -0.4 is 0 Å². The number of allylic oxidation sites excluding steroid dienone is 2. The molecular weight excluding hydrogens is 222 g/mol. The van der Waals surface area contributed by atoms with Gasteiger partial charge >= 0.3 is 0 Å². The van der Waals surface area contributed by atoms with Gasteiger partial charge in [-0.1, -0.05) is 24.6 Å². The number of hydrogen-bond donors (Lipinski definition) is 0. The van der Waals surface area contributed by atoms with Gasteiger partial charge in [-0.05, 0) is 57.2 Å². The molecule has 3 rings (SSSR count). The summed E-state index contributed by atoms with van der Waals surface area (Å²) in [5.74, 6) is 0.480. The third kappa shape index (κ3) is 1.87. The highest BCUT2D eigenvalue weighted by Gasteiger charge is 2.47. The minimum atomic E-state index is -0.244. The highest BCUT2D eigenvalue weighted by Crippen LogP contribution is 2.40. The van der Waals surface area contributed by atoms with Crippen LogP contribution in [0.5, 0.6) is 0 Å². The zero-order chi connectivity index (χ0) is 12.4. The van der Waals surface area contributed by atoms with E-state index in [4.69, 9.17) is 0 Å². The van der Waals surface area contributed by atoms with Crippen molar-refractivity contribution in [2.75, 3.05) is 13.1 Å². The fourth-order valence-corrected chi connectivity index (χ4v) is 3.85. The van der Waals surface area contributed by atoms with Gasteiger partial charge in [-0.15, -0.1) is 0 Å². The third-order valence-electron chi connectivity index (χ3n) is 4.77. The van der Waals surface area contributed by atoms with E-state index in [0.717, 1.165) is 45.2 Å². The Morgan fingerprint density at radius 3 is 2.56 bits per heavy atom. The number of ketones is 1. The van der Waals surface area contributed by atoms with Gasteiger partial charge < -0.3 is 0 Å². The van der Waals surface area contributed by atoms with Crippen molar-refractivity contribution in [2.24, 2.45) is 0 Å². The lowest BCUT2D eigenvalue weighted by molar-refractivity contribution is -0.130. The van der Waals surface area contributed by atoms with Crippen molar-refractivity contribution in [1.29, 1.82) is 0 Å². The highest BCUT2D eigenvalue weighted by atomic mass is 16.1. The van der Waals surface area contributed by atoms with Crippen LogP contribution in [0.2, 0.25) is 0 Å².